The van der Waals surface area contributed by atoms with Crippen molar-refractivity contribution in [2.45, 2.75) is 0 Å². The lowest BCUT2D eigenvalue weighted by Gasteiger charge is -2.19. The second kappa shape index (κ2) is 7.11. The molecule has 1 heterocycles. The Bertz CT molecular complexity index is 1360. The number of carboxylic acid groups (broad SMARTS) is 1. The van der Waals surface area contributed by atoms with Gasteiger partial charge in [-0.2, -0.15) is 0 Å². The number of aromatic carboxylic acids is 1. The highest BCUT2D eigenvalue weighted by Gasteiger charge is 2.27. The average Bonchev–Trinajstić information content (AvgIpc) is 2.64. The Morgan fingerprint density at radius 1 is 0.862 bits per heavy atom. The van der Waals surface area contributed by atoms with Crippen LogP contribution in [0.2, 0.25) is 20.1 Å². The molecule has 0 fully saturated rings. The first-order valence-electron chi connectivity index (χ1n) is 7.99. The first kappa shape index (κ1) is 19.9. The molecule has 0 atom stereocenters. The third-order valence-corrected chi connectivity index (χ3v) is 5.64. The highest BCUT2D eigenvalue weighted by molar-refractivity contribution is 6.39. The molecule has 9 heteroatoms. The third-order valence-electron chi connectivity index (χ3n) is 4.41. The van der Waals surface area contributed by atoms with E-state index in [-0.39, 0.29) is 48.3 Å². The van der Waals surface area contributed by atoms with E-state index in [0.29, 0.717) is 16.5 Å². The summed E-state index contributed by atoms with van der Waals surface area (Å²) >= 11 is 24.7. The molecule has 0 amide bonds. The number of hydrogen-bond donors (Lipinski definition) is 2. The zero-order valence-corrected chi connectivity index (χ0v) is 17.1. The lowest BCUT2D eigenvalue weighted by molar-refractivity contribution is 0.0698. The van der Waals surface area contributed by atoms with E-state index >= 15 is 0 Å². The van der Waals surface area contributed by atoms with Crippen molar-refractivity contribution in [3.05, 3.63) is 72.3 Å². The number of carboxylic acids is 1. The van der Waals surface area contributed by atoms with E-state index in [2.05, 4.69) is 0 Å². The molecular weight excluding hydrogens is 462 g/mol. The van der Waals surface area contributed by atoms with Gasteiger partial charge in [0.1, 0.15) is 17.1 Å². The van der Waals surface area contributed by atoms with Crippen LogP contribution < -0.4 is 5.43 Å². The SMILES string of the molecule is O=C(O)c1c(Cl)ccc(Cl)c1-c1c2cc(Cl)c(=O)cc-2oc2cc(O)c(Cl)cc12. The van der Waals surface area contributed by atoms with Crippen LogP contribution in [0.25, 0.3) is 33.4 Å². The maximum Gasteiger partial charge on any atom is 0.337 e. The van der Waals surface area contributed by atoms with Crippen molar-refractivity contribution in [2.75, 3.05) is 0 Å². The standard InChI is InChI=1S/C20H8Cl4O5/c21-9-1-2-10(22)19(20(27)28)18(9)17-7-3-11(23)13(25)5-15(7)29-16-6-14(26)12(24)4-8(16)17/h1-6,25H,(H,27,28). The van der Waals surface area contributed by atoms with Gasteiger partial charge in [-0.1, -0.05) is 46.4 Å². The van der Waals surface area contributed by atoms with Crippen LogP contribution >= 0.6 is 46.4 Å². The number of hydrogen-bond acceptors (Lipinski definition) is 4. The second-order valence-corrected chi connectivity index (χ2v) is 7.77. The summed E-state index contributed by atoms with van der Waals surface area (Å²) in [6.45, 7) is 0. The van der Waals surface area contributed by atoms with E-state index < -0.39 is 11.4 Å². The number of carbonyl (C=O) groups is 1. The normalized spacial score (nSPS) is 11.3. The summed E-state index contributed by atoms with van der Waals surface area (Å²) in [6, 6.07) is 8.03. The Hall–Kier alpha value is -2.44. The molecule has 0 bridgehead atoms. The molecule has 2 aromatic rings. The molecule has 5 nitrogen and oxygen atoms in total. The molecule has 1 aliphatic heterocycles. The van der Waals surface area contributed by atoms with Crippen molar-refractivity contribution in [3.63, 3.8) is 0 Å². The Balaban J connectivity index is 2.32. The Morgan fingerprint density at radius 2 is 1.55 bits per heavy atom. The van der Waals surface area contributed by atoms with Crippen molar-refractivity contribution in [1.82, 2.24) is 0 Å². The molecule has 2 N–H and O–H groups in total. The Kier molecular flexibility index (Phi) is 4.87. The molecule has 0 radical (unpaired) electrons. The van der Waals surface area contributed by atoms with Gasteiger partial charge in [-0.3, -0.25) is 4.79 Å². The summed E-state index contributed by atoms with van der Waals surface area (Å²) in [6.07, 6.45) is 0. The van der Waals surface area contributed by atoms with Crippen LogP contribution in [0.5, 0.6) is 5.75 Å². The van der Waals surface area contributed by atoms with Crippen molar-refractivity contribution in [1.29, 1.82) is 0 Å². The van der Waals surface area contributed by atoms with Crippen molar-refractivity contribution < 1.29 is 19.4 Å². The molecule has 0 aromatic heterocycles. The molecular formula is C20H8Cl4O5. The Morgan fingerprint density at radius 3 is 2.24 bits per heavy atom. The van der Waals surface area contributed by atoms with Crippen molar-refractivity contribution in [3.8, 4) is 28.2 Å². The number of rotatable bonds is 2. The minimum atomic E-state index is -1.30. The lowest BCUT2D eigenvalue weighted by atomic mass is 9.90. The van der Waals surface area contributed by atoms with Crippen LogP contribution in [0.15, 0.2) is 45.6 Å². The van der Waals surface area contributed by atoms with Gasteiger partial charge in [0.2, 0.25) is 5.43 Å². The van der Waals surface area contributed by atoms with Crippen molar-refractivity contribution >= 4 is 63.3 Å². The Labute approximate surface area is 183 Å². The highest BCUT2D eigenvalue weighted by Crippen LogP contribution is 2.47. The predicted molar refractivity (Wildman–Crippen MR) is 113 cm³/mol. The summed E-state index contributed by atoms with van der Waals surface area (Å²) in [5.41, 5.74) is 0.171. The quantitative estimate of drug-likeness (QED) is 0.323. The minimum absolute atomic E-state index is 0.00914. The molecule has 0 spiro atoms. The molecule has 4 rings (SSSR count). The molecule has 0 unspecified atom stereocenters. The monoisotopic (exact) mass is 468 g/mol. The largest absolute Gasteiger partial charge is 0.506 e. The third kappa shape index (κ3) is 3.20. The number of benzene rings is 3. The van der Waals surface area contributed by atoms with E-state index in [0.717, 1.165) is 0 Å². The highest BCUT2D eigenvalue weighted by atomic mass is 35.5. The minimum Gasteiger partial charge on any atom is -0.506 e. The molecule has 0 saturated heterocycles. The molecule has 0 saturated carbocycles. The molecule has 29 heavy (non-hydrogen) atoms. The van der Waals surface area contributed by atoms with Gasteiger partial charge in [0.05, 0.1) is 20.6 Å². The van der Waals surface area contributed by atoms with Gasteiger partial charge < -0.3 is 14.6 Å². The van der Waals surface area contributed by atoms with E-state index in [1.54, 1.807) is 0 Å². The molecule has 146 valence electrons. The number of phenolic OH excluding ortho intramolecular Hbond substituents is 1. The van der Waals surface area contributed by atoms with Gasteiger partial charge in [-0.05, 0) is 24.3 Å². The van der Waals surface area contributed by atoms with Crippen LogP contribution in [0.1, 0.15) is 10.4 Å². The van der Waals surface area contributed by atoms with Crippen molar-refractivity contribution in [2.24, 2.45) is 0 Å². The van der Waals surface area contributed by atoms with Gasteiger partial charge >= 0.3 is 5.97 Å². The summed E-state index contributed by atoms with van der Waals surface area (Å²) in [5, 5.41) is 20.1. The first-order valence-corrected chi connectivity index (χ1v) is 9.50. The van der Waals surface area contributed by atoms with E-state index in [4.69, 9.17) is 50.8 Å². The smallest absolute Gasteiger partial charge is 0.337 e. The maximum atomic E-state index is 12.0. The fraction of sp³-hybridized carbons (Fsp3) is 0. The average molecular weight is 470 g/mol. The van der Waals surface area contributed by atoms with Gasteiger partial charge in [-0.15, -0.1) is 0 Å². The summed E-state index contributed by atoms with van der Waals surface area (Å²) in [5.74, 6) is -1.43. The van der Waals surface area contributed by atoms with Gasteiger partial charge in [0.25, 0.3) is 0 Å². The number of halogens is 4. The zero-order valence-electron chi connectivity index (χ0n) is 14.1. The molecule has 2 aliphatic rings. The fourth-order valence-corrected chi connectivity index (χ4v) is 3.99. The molecule has 1 aliphatic carbocycles. The first-order chi connectivity index (χ1) is 13.7. The summed E-state index contributed by atoms with van der Waals surface area (Å²) in [7, 11) is 0. The number of fused-ring (bicyclic) bond motifs is 2. The fourth-order valence-electron chi connectivity index (χ4n) is 3.18. The van der Waals surface area contributed by atoms with Gasteiger partial charge in [0.15, 0.2) is 0 Å². The van der Waals surface area contributed by atoms with E-state index in [1.807, 2.05) is 0 Å². The number of phenols is 1. The summed E-state index contributed by atoms with van der Waals surface area (Å²) < 4.78 is 5.75. The second-order valence-electron chi connectivity index (χ2n) is 6.14. The van der Waals surface area contributed by atoms with Crippen LogP contribution in [-0.2, 0) is 0 Å². The van der Waals surface area contributed by atoms with Gasteiger partial charge in [0, 0.05) is 39.2 Å². The number of aromatic hydroxyl groups is 1. The zero-order chi connectivity index (χ0) is 21.0. The van der Waals surface area contributed by atoms with Crippen LogP contribution in [0.3, 0.4) is 0 Å². The topological polar surface area (TPSA) is 87.7 Å². The van der Waals surface area contributed by atoms with E-state index in [9.17, 15) is 19.8 Å². The molecule has 2 aromatic carbocycles. The predicted octanol–water partition coefficient (Wildman–Crippen LogP) is 6.58. The maximum absolute atomic E-state index is 12.0. The van der Waals surface area contributed by atoms with Gasteiger partial charge in [-0.25, -0.2) is 4.79 Å². The van der Waals surface area contributed by atoms with Crippen LogP contribution in [0, 0.1) is 0 Å². The van der Waals surface area contributed by atoms with Crippen LogP contribution in [-0.4, -0.2) is 16.2 Å². The summed E-state index contributed by atoms with van der Waals surface area (Å²) in [4.78, 5) is 24.0. The van der Waals surface area contributed by atoms with Crippen LogP contribution in [0.4, 0.5) is 0 Å². The van der Waals surface area contributed by atoms with E-state index in [1.165, 1.54) is 36.4 Å². The lowest BCUT2D eigenvalue weighted by Crippen LogP contribution is -2.06.